The molecular weight excluding hydrogens is 180 g/mol. The molecule has 3 rings (SSSR count). The number of rotatable bonds is 0. The average molecular weight is 194 g/mol. The van der Waals surface area contributed by atoms with E-state index in [1.807, 2.05) is 0 Å². The second kappa shape index (κ2) is 2.91. The number of Topliss-reactive ketones (excluding diaryl/α,β-unsaturated/α-hetero) is 1. The second-order valence-corrected chi connectivity index (χ2v) is 4.28. The van der Waals surface area contributed by atoms with Gasteiger partial charge in [0.15, 0.2) is 11.4 Å². The Morgan fingerprint density at radius 2 is 2.14 bits per heavy atom. The number of ether oxygens (including phenoxy) is 2. The molecule has 1 spiro atoms. The van der Waals surface area contributed by atoms with Gasteiger partial charge in [0, 0.05) is 6.42 Å². The summed E-state index contributed by atoms with van der Waals surface area (Å²) in [6.07, 6.45) is 8.12. The van der Waals surface area contributed by atoms with Crippen molar-refractivity contribution in [2.24, 2.45) is 0 Å². The molecule has 3 aliphatic rings. The molecule has 0 radical (unpaired) electrons. The molecule has 0 aromatic heterocycles. The summed E-state index contributed by atoms with van der Waals surface area (Å²) in [6.45, 7) is 0.580. The summed E-state index contributed by atoms with van der Waals surface area (Å²) >= 11 is 0. The van der Waals surface area contributed by atoms with Gasteiger partial charge in [-0.15, -0.1) is 0 Å². The van der Waals surface area contributed by atoms with Gasteiger partial charge in [0.25, 0.3) is 0 Å². The van der Waals surface area contributed by atoms with Crippen LogP contribution in [0.5, 0.6) is 0 Å². The van der Waals surface area contributed by atoms with Crippen molar-refractivity contribution in [2.45, 2.75) is 43.5 Å². The van der Waals surface area contributed by atoms with E-state index in [0.717, 1.165) is 19.3 Å². The van der Waals surface area contributed by atoms with Crippen LogP contribution in [0, 0.1) is 0 Å². The van der Waals surface area contributed by atoms with Crippen LogP contribution >= 0.6 is 0 Å². The molecular formula is C11H14O3. The zero-order chi connectivity index (χ0) is 9.60. The molecule has 0 aromatic rings. The topological polar surface area (TPSA) is 42.1 Å². The SMILES string of the molecule is O=C1CCC=CCCC2OC2C12CO2. The van der Waals surface area contributed by atoms with E-state index in [1.54, 1.807) is 0 Å². The zero-order valence-corrected chi connectivity index (χ0v) is 8.07. The number of allylic oxidation sites excluding steroid dienone is 2. The standard InChI is InChI=1S/C11H14O3/c12-9-6-4-2-1-3-5-8-10(14-8)11(9)7-13-11/h1-2,8,10H,3-7H2. The third kappa shape index (κ3) is 1.23. The van der Waals surface area contributed by atoms with Crippen molar-refractivity contribution in [1.29, 1.82) is 0 Å². The molecule has 3 nitrogen and oxygen atoms in total. The van der Waals surface area contributed by atoms with Gasteiger partial charge in [-0.3, -0.25) is 4.79 Å². The van der Waals surface area contributed by atoms with Gasteiger partial charge in [-0.2, -0.15) is 0 Å². The van der Waals surface area contributed by atoms with Crippen molar-refractivity contribution < 1.29 is 14.3 Å². The quantitative estimate of drug-likeness (QED) is 0.430. The highest BCUT2D eigenvalue weighted by molar-refractivity contribution is 5.91. The summed E-state index contributed by atoms with van der Waals surface area (Å²) < 4.78 is 10.9. The predicted octanol–water partition coefficient (Wildman–Crippen LogP) is 1.22. The number of hydrogen-bond donors (Lipinski definition) is 0. The number of hydrogen-bond acceptors (Lipinski definition) is 3. The van der Waals surface area contributed by atoms with Crippen molar-refractivity contribution in [3.63, 3.8) is 0 Å². The fraction of sp³-hybridized carbons (Fsp3) is 0.727. The van der Waals surface area contributed by atoms with Crippen molar-refractivity contribution in [3.05, 3.63) is 12.2 Å². The maximum absolute atomic E-state index is 11.8. The molecule has 0 saturated carbocycles. The van der Waals surface area contributed by atoms with Crippen LogP contribution < -0.4 is 0 Å². The lowest BCUT2D eigenvalue weighted by Gasteiger charge is -2.07. The second-order valence-electron chi connectivity index (χ2n) is 4.28. The fourth-order valence-electron chi connectivity index (χ4n) is 2.26. The van der Waals surface area contributed by atoms with Crippen LogP contribution in [0.1, 0.15) is 25.7 Å². The zero-order valence-electron chi connectivity index (χ0n) is 8.07. The molecule has 0 bridgehead atoms. The minimum atomic E-state index is -0.518. The first-order valence-electron chi connectivity index (χ1n) is 5.31. The van der Waals surface area contributed by atoms with Gasteiger partial charge < -0.3 is 9.47 Å². The van der Waals surface area contributed by atoms with E-state index >= 15 is 0 Å². The van der Waals surface area contributed by atoms with E-state index in [2.05, 4.69) is 12.2 Å². The first-order chi connectivity index (χ1) is 6.83. The van der Waals surface area contributed by atoms with Crippen LogP contribution in [-0.4, -0.2) is 30.2 Å². The Bertz CT molecular complexity index is 291. The van der Waals surface area contributed by atoms with Crippen molar-refractivity contribution >= 4 is 5.78 Å². The summed E-state index contributed by atoms with van der Waals surface area (Å²) in [5, 5.41) is 0. The van der Waals surface area contributed by atoms with E-state index < -0.39 is 5.60 Å². The molecule has 14 heavy (non-hydrogen) atoms. The maximum atomic E-state index is 11.8. The molecule has 0 amide bonds. The van der Waals surface area contributed by atoms with E-state index in [1.165, 1.54) is 0 Å². The molecule has 76 valence electrons. The summed E-state index contributed by atoms with van der Waals surface area (Å²) in [5.41, 5.74) is -0.518. The van der Waals surface area contributed by atoms with Gasteiger partial charge in [0.05, 0.1) is 12.7 Å². The Morgan fingerprint density at radius 3 is 2.93 bits per heavy atom. The predicted molar refractivity (Wildman–Crippen MR) is 50.0 cm³/mol. The van der Waals surface area contributed by atoms with Crippen LogP contribution in [-0.2, 0) is 14.3 Å². The largest absolute Gasteiger partial charge is 0.366 e. The number of carbonyl (C=O) groups excluding carboxylic acids is 1. The van der Waals surface area contributed by atoms with E-state index in [0.29, 0.717) is 13.0 Å². The van der Waals surface area contributed by atoms with Crippen molar-refractivity contribution in [2.75, 3.05) is 6.61 Å². The smallest absolute Gasteiger partial charge is 0.178 e. The summed E-state index contributed by atoms with van der Waals surface area (Å²) in [4.78, 5) is 11.8. The van der Waals surface area contributed by atoms with Crippen LogP contribution in [0.3, 0.4) is 0 Å². The van der Waals surface area contributed by atoms with Gasteiger partial charge in [-0.25, -0.2) is 0 Å². The lowest BCUT2D eigenvalue weighted by Crippen LogP contribution is -2.32. The monoisotopic (exact) mass is 194 g/mol. The molecule has 0 N–H and O–H groups in total. The first-order valence-corrected chi connectivity index (χ1v) is 5.31. The van der Waals surface area contributed by atoms with Crippen LogP contribution in [0.4, 0.5) is 0 Å². The summed E-state index contributed by atoms with van der Waals surface area (Å²) in [6, 6.07) is 0. The van der Waals surface area contributed by atoms with Gasteiger partial charge >= 0.3 is 0 Å². The van der Waals surface area contributed by atoms with Crippen LogP contribution in [0.25, 0.3) is 0 Å². The maximum Gasteiger partial charge on any atom is 0.178 e. The van der Waals surface area contributed by atoms with E-state index in [4.69, 9.17) is 9.47 Å². The molecule has 1 aliphatic carbocycles. The highest BCUT2D eigenvalue weighted by atomic mass is 16.7. The van der Waals surface area contributed by atoms with Gasteiger partial charge in [-0.1, -0.05) is 12.2 Å². The van der Waals surface area contributed by atoms with Crippen LogP contribution in [0.15, 0.2) is 12.2 Å². The van der Waals surface area contributed by atoms with Crippen LogP contribution in [0.2, 0.25) is 0 Å². The molecule has 3 atom stereocenters. The number of fused-ring (bicyclic) bond motifs is 2. The average Bonchev–Trinajstić information content (AvgIpc) is 3.00. The summed E-state index contributed by atoms with van der Waals surface area (Å²) in [7, 11) is 0. The molecule has 3 unspecified atom stereocenters. The van der Waals surface area contributed by atoms with E-state index in [-0.39, 0.29) is 18.0 Å². The lowest BCUT2D eigenvalue weighted by molar-refractivity contribution is -0.124. The van der Waals surface area contributed by atoms with Gasteiger partial charge in [-0.05, 0) is 19.3 Å². The highest BCUT2D eigenvalue weighted by Crippen LogP contribution is 2.46. The summed E-state index contributed by atoms with van der Waals surface area (Å²) in [5.74, 6) is 0.233. The van der Waals surface area contributed by atoms with Gasteiger partial charge in [0.1, 0.15) is 6.10 Å². The fourth-order valence-corrected chi connectivity index (χ4v) is 2.26. The number of epoxide rings is 2. The molecule has 0 aromatic carbocycles. The molecule has 2 fully saturated rings. The molecule has 2 aliphatic heterocycles. The van der Waals surface area contributed by atoms with Crippen molar-refractivity contribution in [1.82, 2.24) is 0 Å². The Morgan fingerprint density at radius 1 is 1.36 bits per heavy atom. The van der Waals surface area contributed by atoms with Crippen molar-refractivity contribution in [3.8, 4) is 0 Å². The third-order valence-electron chi connectivity index (χ3n) is 3.29. The Balaban J connectivity index is 1.78. The Kier molecular flexibility index (Phi) is 1.79. The Labute approximate surface area is 83.1 Å². The van der Waals surface area contributed by atoms with Gasteiger partial charge in [0.2, 0.25) is 0 Å². The number of ketones is 1. The minimum absolute atomic E-state index is 0.0708. The molecule has 3 heteroatoms. The highest BCUT2D eigenvalue weighted by Gasteiger charge is 2.66. The molecule has 2 saturated heterocycles. The first kappa shape index (κ1) is 8.62. The molecule has 2 heterocycles. The Hall–Kier alpha value is -0.670. The third-order valence-corrected chi connectivity index (χ3v) is 3.29. The normalized spacial score (nSPS) is 46.1. The van der Waals surface area contributed by atoms with E-state index in [9.17, 15) is 4.79 Å². The number of carbonyl (C=O) groups is 1. The minimum Gasteiger partial charge on any atom is -0.366 e. The lowest BCUT2D eigenvalue weighted by atomic mass is 9.93.